The molecule has 2 aromatic rings. The van der Waals surface area contributed by atoms with Gasteiger partial charge in [0.05, 0.1) is 5.56 Å². The Kier molecular flexibility index (Phi) is 2.75. The summed E-state index contributed by atoms with van der Waals surface area (Å²) in [6.07, 6.45) is 0.133. The van der Waals surface area contributed by atoms with Crippen LogP contribution in [0.4, 0.5) is 8.78 Å². The van der Waals surface area contributed by atoms with Crippen LogP contribution < -0.4 is 0 Å². The van der Waals surface area contributed by atoms with Crippen LogP contribution in [0.15, 0.2) is 29.8 Å². The average Bonchev–Trinajstić information content (AvgIpc) is 2.69. The number of aliphatic hydroxyl groups excluding tert-OH is 1. The van der Waals surface area contributed by atoms with Crippen LogP contribution in [-0.4, -0.2) is 10.1 Å². The van der Waals surface area contributed by atoms with Gasteiger partial charge in [0.2, 0.25) is 0 Å². The molecule has 15 heavy (non-hydrogen) atoms. The third-order valence-corrected chi connectivity index (χ3v) is 2.79. The summed E-state index contributed by atoms with van der Waals surface area (Å²) in [5.41, 5.74) is -0.354. The molecule has 2 nitrogen and oxygen atoms in total. The lowest BCUT2D eigenvalue weighted by atomic mass is 10.1. The van der Waals surface area contributed by atoms with Gasteiger partial charge in [-0.15, -0.1) is 11.3 Å². The standard InChI is InChI=1S/C10H7F2NOS/c11-6-2-1-3-7(12)8(6)9(14)10-13-4-5-15-10/h1-5,9,14H. The van der Waals surface area contributed by atoms with Gasteiger partial charge in [0.15, 0.2) is 0 Å². The second-order valence-electron chi connectivity index (χ2n) is 2.91. The smallest absolute Gasteiger partial charge is 0.136 e. The first-order valence-corrected chi connectivity index (χ1v) is 5.09. The maximum atomic E-state index is 13.3. The molecule has 1 unspecified atom stereocenters. The van der Waals surface area contributed by atoms with Gasteiger partial charge < -0.3 is 5.11 Å². The molecular formula is C10H7F2NOS. The summed E-state index contributed by atoms with van der Waals surface area (Å²) >= 11 is 1.15. The van der Waals surface area contributed by atoms with Crippen molar-refractivity contribution in [3.8, 4) is 0 Å². The van der Waals surface area contributed by atoms with E-state index < -0.39 is 17.7 Å². The van der Waals surface area contributed by atoms with Crippen LogP contribution in [0.3, 0.4) is 0 Å². The van der Waals surface area contributed by atoms with Gasteiger partial charge in [-0.1, -0.05) is 6.07 Å². The van der Waals surface area contributed by atoms with E-state index in [2.05, 4.69) is 4.98 Å². The molecule has 0 saturated carbocycles. The fraction of sp³-hybridized carbons (Fsp3) is 0.100. The van der Waals surface area contributed by atoms with Gasteiger partial charge >= 0.3 is 0 Å². The van der Waals surface area contributed by atoms with Gasteiger partial charge in [-0.2, -0.15) is 0 Å². The van der Waals surface area contributed by atoms with Crippen molar-refractivity contribution in [3.63, 3.8) is 0 Å². The molecule has 78 valence electrons. The van der Waals surface area contributed by atoms with Gasteiger partial charge in [0, 0.05) is 11.6 Å². The minimum Gasteiger partial charge on any atom is -0.381 e. The van der Waals surface area contributed by atoms with Crippen LogP contribution in [0.2, 0.25) is 0 Å². The van der Waals surface area contributed by atoms with Crippen molar-refractivity contribution in [2.75, 3.05) is 0 Å². The van der Waals surface area contributed by atoms with E-state index in [1.807, 2.05) is 0 Å². The van der Waals surface area contributed by atoms with E-state index in [0.717, 1.165) is 23.5 Å². The number of benzene rings is 1. The van der Waals surface area contributed by atoms with E-state index in [1.54, 1.807) is 5.38 Å². The number of hydrogen-bond acceptors (Lipinski definition) is 3. The first-order chi connectivity index (χ1) is 7.20. The molecule has 2 rings (SSSR count). The number of nitrogens with zero attached hydrogens (tertiary/aromatic N) is 1. The lowest BCUT2D eigenvalue weighted by molar-refractivity contribution is 0.208. The Bertz CT molecular complexity index is 438. The average molecular weight is 227 g/mol. The fourth-order valence-corrected chi connectivity index (χ4v) is 1.89. The van der Waals surface area contributed by atoms with Crippen molar-refractivity contribution in [3.05, 3.63) is 52.0 Å². The molecule has 1 heterocycles. The van der Waals surface area contributed by atoms with Gasteiger partial charge in [-0.05, 0) is 12.1 Å². The largest absolute Gasteiger partial charge is 0.381 e. The number of rotatable bonds is 2. The SMILES string of the molecule is OC(c1nccs1)c1c(F)cccc1F. The van der Waals surface area contributed by atoms with Crippen LogP contribution in [0, 0.1) is 11.6 Å². The molecule has 1 aromatic carbocycles. The summed E-state index contributed by atoms with van der Waals surface area (Å²) in [7, 11) is 0. The van der Waals surface area contributed by atoms with E-state index in [-0.39, 0.29) is 10.6 Å². The molecule has 0 spiro atoms. The lowest BCUT2D eigenvalue weighted by Gasteiger charge is -2.09. The monoisotopic (exact) mass is 227 g/mol. The Labute approximate surface area is 88.8 Å². The highest BCUT2D eigenvalue weighted by Crippen LogP contribution is 2.27. The highest BCUT2D eigenvalue weighted by Gasteiger charge is 2.20. The quantitative estimate of drug-likeness (QED) is 0.855. The topological polar surface area (TPSA) is 33.1 Å². The van der Waals surface area contributed by atoms with Crippen LogP contribution in [0.1, 0.15) is 16.7 Å². The zero-order valence-electron chi connectivity index (χ0n) is 7.52. The molecule has 1 atom stereocenters. The van der Waals surface area contributed by atoms with Gasteiger partial charge in [-0.25, -0.2) is 13.8 Å². The Morgan fingerprint density at radius 1 is 1.27 bits per heavy atom. The van der Waals surface area contributed by atoms with E-state index in [1.165, 1.54) is 12.3 Å². The molecule has 0 amide bonds. The van der Waals surface area contributed by atoms with Crippen LogP contribution in [-0.2, 0) is 0 Å². The third-order valence-electron chi connectivity index (χ3n) is 1.96. The Balaban J connectivity index is 2.46. The van der Waals surface area contributed by atoms with E-state index in [4.69, 9.17) is 0 Å². The molecular weight excluding hydrogens is 220 g/mol. The summed E-state index contributed by atoms with van der Waals surface area (Å²) in [5.74, 6) is -1.53. The predicted octanol–water partition coefficient (Wildman–Crippen LogP) is 2.50. The highest BCUT2D eigenvalue weighted by molar-refractivity contribution is 7.09. The van der Waals surface area contributed by atoms with Crippen molar-refractivity contribution in [2.45, 2.75) is 6.10 Å². The minimum atomic E-state index is -1.34. The van der Waals surface area contributed by atoms with Crippen LogP contribution in [0.5, 0.6) is 0 Å². The van der Waals surface area contributed by atoms with Crippen molar-refractivity contribution in [2.24, 2.45) is 0 Å². The molecule has 0 bridgehead atoms. The first-order valence-electron chi connectivity index (χ1n) is 4.21. The van der Waals surface area contributed by atoms with Crippen LogP contribution >= 0.6 is 11.3 Å². The van der Waals surface area contributed by atoms with Gasteiger partial charge in [0.25, 0.3) is 0 Å². The number of halogens is 2. The molecule has 5 heteroatoms. The second-order valence-corrected chi connectivity index (χ2v) is 3.83. The molecule has 0 saturated heterocycles. The van der Waals surface area contributed by atoms with E-state index in [9.17, 15) is 13.9 Å². The molecule has 0 radical (unpaired) electrons. The summed E-state index contributed by atoms with van der Waals surface area (Å²) in [6.45, 7) is 0. The molecule has 1 aromatic heterocycles. The summed E-state index contributed by atoms with van der Waals surface area (Å²) < 4.78 is 26.5. The van der Waals surface area contributed by atoms with E-state index >= 15 is 0 Å². The third kappa shape index (κ3) is 1.88. The van der Waals surface area contributed by atoms with Gasteiger partial charge in [0.1, 0.15) is 22.7 Å². The summed E-state index contributed by atoms with van der Waals surface area (Å²) in [6, 6.07) is 3.47. The second kappa shape index (κ2) is 4.04. The molecule has 0 aliphatic heterocycles. The molecule has 0 aliphatic carbocycles. The highest BCUT2D eigenvalue weighted by atomic mass is 32.1. The van der Waals surface area contributed by atoms with Crippen molar-refractivity contribution in [1.82, 2.24) is 4.98 Å². The molecule has 0 fully saturated rings. The maximum Gasteiger partial charge on any atom is 0.136 e. The number of aliphatic hydroxyl groups is 1. The van der Waals surface area contributed by atoms with Gasteiger partial charge in [-0.3, -0.25) is 0 Å². The predicted molar refractivity (Wildman–Crippen MR) is 52.5 cm³/mol. The number of hydrogen-bond donors (Lipinski definition) is 1. The Morgan fingerprint density at radius 3 is 2.47 bits per heavy atom. The van der Waals surface area contributed by atoms with Crippen molar-refractivity contribution >= 4 is 11.3 Å². The van der Waals surface area contributed by atoms with Crippen molar-refractivity contribution in [1.29, 1.82) is 0 Å². The van der Waals surface area contributed by atoms with Crippen LogP contribution in [0.25, 0.3) is 0 Å². The zero-order valence-corrected chi connectivity index (χ0v) is 8.34. The minimum absolute atomic E-state index is 0.277. The molecule has 1 N–H and O–H groups in total. The first kappa shape index (κ1) is 10.2. The Hall–Kier alpha value is -1.33. The van der Waals surface area contributed by atoms with Crippen molar-refractivity contribution < 1.29 is 13.9 Å². The fourth-order valence-electron chi connectivity index (χ4n) is 1.26. The molecule has 0 aliphatic rings. The number of aromatic nitrogens is 1. The Morgan fingerprint density at radius 2 is 1.93 bits per heavy atom. The zero-order chi connectivity index (χ0) is 10.8. The lowest BCUT2D eigenvalue weighted by Crippen LogP contribution is -2.05. The van der Waals surface area contributed by atoms with E-state index in [0.29, 0.717) is 0 Å². The normalized spacial score (nSPS) is 12.7. The number of thiazole rings is 1. The summed E-state index contributed by atoms with van der Waals surface area (Å²) in [5, 5.41) is 11.6. The summed E-state index contributed by atoms with van der Waals surface area (Å²) in [4.78, 5) is 3.81. The maximum absolute atomic E-state index is 13.3.